The van der Waals surface area contributed by atoms with Crippen molar-refractivity contribution >= 4 is 15.4 Å². The van der Waals surface area contributed by atoms with Crippen LogP contribution in [0, 0.1) is 0 Å². The number of hydrogen-bond donors (Lipinski definition) is 2. The normalized spacial score (nSPS) is 10.0. The average Bonchev–Trinajstić information content (AvgIpc) is 1.89. The molecule has 0 aromatic heterocycles. The quantitative estimate of drug-likeness (QED) is 0.467. The van der Waals surface area contributed by atoms with Gasteiger partial charge in [0.05, 0.1) is 0 Å². The fourth-order valence-corrected chi connectivity index (χ4v) is 2.77. The first-order valence-electron chi connectivity index (χ1n) is 3.34. The average molecular weight is 191 g/mol. The Bertz CT molecular complexity index is 44.3. The molecule has 2 N–H and O–H groups in total. The Labute approximate surface area is 62.7 Å². The molecule has 0 fully saturated rings. The molecule has 0 bridgehead atoms. The van der Waals surface area contributed by atoms with E-state index in [0.29, 0.717) is 13.2 Å². The topological polar surface area (TPSA) is 40.5 Å². The van der Waals surface area contributed by atoms with E-state index in [0.717, 1.165) is 12.8 Å². The van der Waals surface area contributed by atoms with Crippen molar-refractivity contribution in [3.8, 4) is 0 Å². The maximum absolute atomic E-state index is 8.39. The van der Waals surface area contributed by atoms with Crippen molar-refractivity contribution in [1.29, 1.82) is 0 Å². The molecule has 0 aliphatic carbocycles. The molecule has 0 saturated carbocycles. The second-order valence-electron chi connectivity index (χ2n) is 1.90. The molecule has 0 spiro atoms. The molecule has 54 valence electrons. The van der Waals surface area contributed by atoms with Gasteiger partial charge in [-0.1, -0.05) is 0 Å². The van der Waals surface area contributed by atoms with Gasteiger partial charge in [0.1, 0.15) is 0 Å². The first kappa shape index (κ1) is 9.46. The van der Waals surface area contributed by atoms with Crippen LogP contribution in [0.5, 0.6) is 0 Å². The van der Waals surface area contributed by atoms with Crippen LogP contribution < -0.4 is 0 Å². The second kappa shape index (κ2) is 8.46. The predicted octanol–water partition coefficient (Wildman–Crippen LogP) is 0.292. The van der Waals surface area contributed by atoms with Crippen LogP contribution in [0.1, 0.15) is 12.8 Å². The molecular weight excluding hydrogens is 177 g/mol. The summed E-state index contributed by atoms with van der Waals surface area (Å²) < 4.78 is 0. The molecule has 0 rings (SSSR count). The van der Waals surface area contributed by atoms with Crippen LogP contribution in [0.25, 0.3) is 0 Å². The van der Waals surface area contributed by atoms with E-state index in [1.54, 1.807) is 0 Å². The Morgan fingerprint density at radius 1 is 0.889 bits per heavy atom. The fraction of sp³-hybridized carbons (Fsp3) is 1.00. The van der Waals surface area contributed by atoms with E-state index in [2.05, 4.69) is 0 Å². The van der Waals surface area contributed by atoms with Crippen LogP contribution in [0.2, 0.25) is 10.5 Å². The van der Waals surface area contributed by atoms with Crippen molar-refractivity contribution in [3.05, 3.63) is 0 Å². The van der Waals surface area contributed by atoms with Crippen molar-refractivity contribution in [2.45, 2.75) is 23.3 Å². The van der Waals surface area contributed by atoms with Crippen molar-refractivity contribution < 1.29 is 10.2 Å². The van der Waals surface area contributed by atoms with E-state index >= 15 is 0 Å². The van der Waals surface area contributed by atoms with Crippen molar-refractivity contribution in [2.75, 3.05) is 13.2 Å². The van der Waals surface area contributed by atoms with Gasteiger partial charge in [0.2, 0.25) is 0 Å². The first-order valence-corrected chi connectivity index (χ1v) is 6.31. The summed E-state index contributed by atoms with van der Waals surface area (Å²) in [7, 11) is 0. The molecule has 3 heteroatoms. The molecule has 0 saturated heterocycles. The molecule has 0 aromatic rings. The molecule has 0 heterocycles. The van der Waals surface area contributed by atoms with Gasteiger partial charge in [0, 0.05) is 0 Å². The van der Waals surface area contributed by atoms with Gasteiger partial charge in [-0.2, -0.15) is 0 Å². The first-order chi connectivity index (χ1) is 4.41. The third-order valence-corrected chi connectivity index (χ3v) is 3.99. The van der Waals surface area contributed by atoms with Crippen LogP contribution in [-0.4, -0.2) is 38.9 Å². The molecule has 0 aromatic carbocycles. The van der Waals surface area contributed by atoms with Gasteiger partial charge < -0.3 is 0 Å². The molecule has 0 amide bonds. The third kappa shape index (κ3) is 8.46. The van der Waals surface area contributed by atoms with Crippen LogP contribution in [0.3, 0.4) is 0 Å². The fourth-order valence-electron chi connectivity index (χ4n) is 0.533. The summed E-state index contributed by atoms with van der Waals surface area (Å²) in [5, 5.41) is 19.2. The van der Waals surface area contributed by atoms with Gasteiger partial charge in [-0.3, -0.25) is 0 Å². The Morgan fingerprint density at radius 2 is 1.33 bits per heavy atom. The molecule has 9 heavy (non-hydrogen) atoms. The van der Waals surface area contributed by atoms with Crippen LogP contribution >= 0.6 is 0 Å². The minimum absolute atomic E-state index is 0.176. The maximum atomic E-state index is 8.39. The van der Waals surface area contributed by atoms with E-state index in [1.807, 2.05) is 0 Å². The summed E-state index contributed by atoms with van der Waals surface area (Å²) >= 11 is 0.176. The zero-order chi connectivity index (χ0) is 6.95. The Kier molecular flexibility index (Phi) is 8.90. The molecule has 0 unspecified atom stereocenters. The van der Waals surface area contributed by atoms with Crippen molar-refractivity contribution in [1.82, 2.24) is 0 Å². The molecule has 0 aliphatic heterocycles. The zero-order valence-electron chi connectivity index (χ0n) is 5.64. The summed E-state index contributed by atoms with van der Waals surface area (Å²) in [6.07, 6.45) is 1.93. The van der Waals surface area contributed by atoms with Gasteiger partial charge in [0.15, 0.2) is 0 Å². The zero-order valence-corrected chi connectivity index (χ0v) is 7.74. The second-order valence-corrected chi connectivity index (χ2v) is 5.05. The van der Waals surface area contributed by atoms with Crippen LogP contribution in [-0.2, 0) is 0 Å². The van der Waals surface area contributed by atoms with Crippen LogP contribution in [0.4, 0.5) is 0 Å². The Balaban J connectivity index is 2.60. The Morgan fingerprint density at radius 3 is 1.67 bits per heavy atom. The standard InChI is InChI=1S/C6H14GeO2/c8-5-1-3-7-4-2-6-9/h8-9H,1-6H2. The summed E-state index contributed by atoms with van der Waals surface area (Å²) in [6.45, 7) is 0.672. The summed E-state index contributed by atoms with van der Waals surface area (Å²) in [5.74, 6) is 0. The summed E-state index contributed by atoms with van der Waals surface area (Å²) in [4.78, 5) is 0. The van der Waals surface area contributed by atoms with Crippen molar-refractivity contribution in [2.24, 2.45) is 0 Å². The van der Waals surface area contributed by atoms with Gasteiger partial charge in [-0.15, -0.1) is 0 Å². The predicted molar refractivity (Wildman–Crippen MR) is 38.8 cm³/mol. The summed E-state index contributed by atoms with van der Waals surface area (Å²) in [5.41, 5.74) is 0. The van der Waals surface area contributed by atoms with Gasteiger partial charge >= 0.3 is 62.2 Å². The SMILES string of the molecule is OCC[CH2][Ge][CH2]CCO. The summed E-state index contributed by atoms with van der Waals surface area (Å²) in [6, 6.07) is 0. The molecule has 0 atom stereocenters. The van der Waals surface area contributed by atoms with Gasteiger partial charge in [-0.05, 0) is 0 Å². The minimum atomic E-state index is 0.176. The van der Waals surface area contributed by atoms with E-state index < -0.39 is 0 Å². The van der Waals surface area contributed by atoms with Gasteiger partial charge in [0.25, 0.3) is 0 Å². The van der Waals surface area contributed by atoms with Crippen LogP contribution in [0.15, 0.2) is 0 Å². The van der Waals surface area contributed by atoms with E-state index in [9.17, 15) is 0 Å². The van der Waals surface area contributed by atoms with E-state index in [1.165, 1.54) is 10.5 Å². The number of rotatable bonds is 6. The number of aliphatic hydroxyl groups excluding tert-OH is 2. The molecule has 2 nitrogen and oxygen atoms in total. The number of hydrogen-bond acceptors (Lipinski definition) is 2. The monoisotopic (exact) mass is 192 g/mol. The van der Waals surface area contributed by atoms with E-state index in [-0.39, 0.29) is 15.4 Å². The van der Waals surface area contributed by atoms with Gasteiger partial charge in [-0.25, -0.2) is 0 Å². The molecule has 0 aliphatic rings. The number of aliphatic hydroxyl groups is 2. The Hall–Kier alpha value is 0.463. The molecule has 2 radical (unpaired) electrons. The van der Waals surface area contributed by atoms with E-state index in [4.69, 9.17) is 10.2 Å². The molecular formula is C6H14GeO2. The third-order valence-electron chi connectivity index (χ3n) is 1.02. The van der Waals surface area contributed by atoms with Crippen molar-refractivity contribution in [3.63, 3.8) is 0 Å².